The molecule has 0 saturated carbocycles. The van der Waals surface area contributed by atoms with Crippen molar-refractivity contribution in [1.29, 1.82) is 0 Å². The maximum atomic E-state index is 12.6. The van der Waals surface area contributed by atoms with Gasteiger partial charge in [0.2, 0.25) is 0 Å². The SMILES string of the molecule is Cc1ccc(C(O)=C2C(=O)C(=O)N(C[C@H](C)O)[C@@H]2c2cccs2)cc1. The largest absolute Gasteiger partial charge is 0.507 e. The first-order valence-electron chi connectivity index (χ1n) is 7.97. The van der Waals surface area contributed by atoms with Gasteiger partial charge in [0.1, 0.15) is 5.76 Å². The van der Waals surface area contributed by atoms with Crippen LogP contribution in [0.4, 0.5) is 0 Å². The normalized spacial score (nSPS) is 20.9. The Bertz CT molecular complexity index is 822. The number of aliphatic hydroxyl groups is 2. The summed E-state index contributed by atoms with van der Waals surface area (Å²) in [6.07, 6.45) is -0.778. The van der Waals surface area contributed by atoms with Crippen molar-refractivity contribution in [3.8, 4) is 0 Å². The van der Waals surface area contributed by atoms with Gasteiger partial charge < -0.3 is 15.1 Å². The highest BCUT2D eigenvalue weighted by atomic mass is 32.1. The van der Waals surface area contributed by atoms with Crippen LogP contribution in [0.5, 0.6) is 0 Å². The molecule has 3 rings (SSSR count). The van der Waals surface area contributed by atoms with E-state index in [0.717, 1.165) is 10.4 Å². The number of likely N-dealkylation sites (tertiary alicyclic amines) is 1. The predicted octanol–water partition coefficient (Wildman–Crippen LogP) is 2.86. The molecule has 0 bridgehead atoms. The number of rotatable bonds is 4. The van der Waals surface area contributed by atoms with Crippen LogP contribution in [0.1, 0.15) is 29.0 Å². The smallest absolute Gasteiger partial charge is 0.295 e. The number of β-amino-alcohol motifs (C(OH)–C–C–N with tert-alkyl or cyclic N) is 1. The van der Waals surface area contributed by atoms with E-state index in [0.29, 0.717) is 5.56 Å². The highest BCUT2D eigenvalue weighted by Crippen LogP contribution is 2.41. The summed E-state index contributed by atoms with van der Waals surface area (Å²) in [5, 5.41) is 22.3. The van der Waals surface area contributed by atoms with E-state index in [9.17, 15) is 19.8 Å². The van der Waals surface area contributed by atoms with Gasteiger partial charge in [-0.3, -0.25) is 9.59 Å². The standard InChI is InChI=1S/C19H19NO4S/c1-11-5-7-13(8-6-11)17(22)15-16(14-4-3-9-25-14)20(10-12(2)21)19(24)18(15)23/h3-9,12,16,21-22H,10H2,1-2H3/t12-,16+/m0/s1. The zero-order valence-electron chi connectivity index (χ0n) is 14.0. The Kier molecular flexibility index (Phi) is 4.74. The van der Waals surface area contributed by atoms with E-state index in [4.69, 9.17) is 0 Å². The van der Waals surface area contributed by atoms with Crippen molar-refractivity contribution in [3.63, 3.8) is 0 Å². The molecule has 2 N–H and O–H groups in total. The Labute approximate surface area is 149 Å². The van der Waals surface area contributed by atoms with Crippen LogP contribution in [0.2, 0.25) is 0 Å². The molecule has 5 nitrogen and oxygen atoms in total. The first kappa shape index (κ1) is 17.4. The molecule has 25 heavy (non-hydrogen) atoms. The number of Topliss-reactive ketones (excluding diaryl/α,β-unsaturated/α-hetero) is 1. The average Bonchev–Trinajstić information content (AvgIpc) is 3.17. The third-order valence-electron chi connectivity index (χ3n) is 4.14. The second-order valence-electron chi connectivity index (χ2n) is 6.18. The molecule has 1 aliphatic rings. The van der Waals surface area contributed by atoms with Gasteiger partial charge in [0, 0.05) is 17.0 Å². The summed E-state index contributed by atoms with van der Waals surface area (Å²) in [5.74, 6) is -1.62. The molecular weight excluding hydrogens is 338 g/mol. The summed E-state index contributed by atoms with van der Waals surface area (Å²) >= 11 is 1.40. The number of hydrogen-bond acceptors (Lipinski definition) is 5. The molecule has 130 valence electrons. The lowest BCUT2D eigenvalue weighted by Gasteiger charge is -2.25. The van der Waals surface area contributed by atoms with Crippen LogP contribution in [0.3, 0.4) is 0 Å². The minimum Gasteiger partial charge on any atom is -0.507 e. The quantitative estimate of drug-likeness (QED) is 0.501. The van der Waals surface area contributed by atoms with Gasteiger partial charge in [0.05, 0.1) is 17.7 Å². The van der Waals surface area contributed by atoms with Crippen LogP contribution in [-0.2, 0) is 9.59 Å². The molecule has 0 aliphatic carbocycles. The second kappa shape index (κ2) is 6.82. The minimum absolute atomic E-state index is 0.0256. The van der Waals surface area contributed by atoms with Crippen molar-refractivity contribution in [2.75, 3.05) is 6.54 Å². The number of carbonyl (C=O) groups excluding carboxylic acids is 2. The molecule has 2 atom stereocenters. The molecule has 1 amide bonds. The minimum atomic E-state index is -0.778. The number of benzene rings is 1. The highest BCUT2D eigenvalue weighted by Gasteiger charge is 2.46. The Morgan fingerprint density at radius 3 is 2.48 bits per heavy atom. The van der Waals surface area contributed by atoms with Crippen molar-refractivity contribution in [2.45, 2.75) is 26.0 Å². The number of amides is 1. The van der Waals surface area contributed by atoms with Gasteiger partial charge in [-0.25, -0.2) is 0 Å². The summed E-state index contributed by atoms with van der Waals surface area (Å²) in [5.41, 5.74) is 1.58. The van der Waals surface area contributed by atoms with Crippen LogP contribution >= 0.6 is 11.3 Å². The van der Waals surface area contributed by atoms with E-state index in [1.165, 1.54) is 16.2 Å². The molecule has 1 aromatic heterocycles. The fraction of sp³-hybridized carbons (Fsp3) is 0.263. The Morgan fingerprint density at radius 2 is 1.92 bits per heavy atom. The molecule has 2 heterocycles. The van der Waals surface area contributed by atoms with Crippen molar-refractivity contribution in [2.24, 2.45) is 0 Å². The lowest BCUT2D eigenvalue weighted by atomic mass is 9.99. The van der Waals surface area contributed by atoms with Crippen LogP contribution in [-0.4, -0.2) is 39.5 Å². The number of aryl methyl sites for hydroxylation is 1. The molecule has 0 unspecified atom stereocenters. The zero-order chi connectivity index (χ0) is 18.1. The van der Waals surface area contributed by atoms with Gasteiger partial charge in [0.25, 0.3) is 11.7 Å². The number of thiophene rings is 1. The maximum Gasteiger partial charge on any atom is 0.295 e. The van der Waals surface area contributed by atoms with Gasteiger partial charge in [-0.2, -0.15) is 0 Å². The van der Waals surface area contributed by atoms with E-state index in [1.54, 1.807) is 19.1 Å². The number of aliphatic hydroxyl groups excluding tert-OH is 2. The van der Waals surface area contributed by atoms with E-state index in [1.807, 2.05) is 36.6 Å². The van der Waals surface area contributed by atoms with Crippen molar-refractivity contribution < 1.29 is 19.8 Å². The third kappa shape index (κ3) is 3.23. The predicted molar refractivity (Wildman–Crippen MR) is 96.2 cm³/mol. The molecule has 1 aromatic carbocycles. The van der Waals surface area contributed by atoms with Gasteiger partial charge in [-0.05, 0) is 25.3 Å². The Hall–Kier alpha value is -2.44. The van der Waals surface area contributed by atoms with Crippen molar-refractivity contribution in [3.05, 3.63) is 63.4 Å². The molecule has 6 heteroatoms. The number of ketones is 1. The van der Waals surface area contributed by atoms with E-state index >= 15 is 0 Å². The van der Waals surface area contributed by atoms with Crippen molar-refractivity contribution >= 4 is 28.8 Å². The fourth-order valence-electron chi connectivity index (χ4n) is 2.96. The molecule has 0 spiro atoms. The van der Waals surface area contributed by atoms with Crippen LogP contribution < -0.4 is 0 Å². The Balaban J connectivity index is 2.15. The lowest BCUT2D eigenvalue weighted by Crippen LogP contribution is -2.35. The fourth-order valence-corrected chi connectivity index (χ4v) is 3.81. The number of hydrogen-bond donors (Lipinski definition) is 2. The molecule has 1 aliphatic heterocycles. The zero-order valence-corrected chi connectivity index (χ0v) is 14.8. The summed E-state index contributed by atoms with van der Waals surface area (Å²) < 4.78 is 0. The van der Waals surface area contributed by atoms with E-state index in [2.05, 4.69) is 0 Å². The second-order valence-corrected chi connectivity index (χ2v) is 7.16. The molecule has 0 radical (unpaired) electrons. The molecular formula is C19H19NO4S. The summed E-state index contributed by atoms with van der Waals surface area (Å²) in [4.78, 5) is 27.2. The van der Waals surface area contributed by atoms with E-state index < -0.39 is 23.8 Å². The van der Waals surface area contributed by atoms with Gasteiger partial charge in [-0.1, -0.05) is 35.9 Å². The first-order valence-corrected chi connectivity index (χ1v) is 8.85. The van der Waals surface area contributed by atoms with Crippen molar-refractivity contribution in [1.82, 2.24) is 4.90 Å². The summed E-state index contributed by atoms with van der Waals surface area (Å²) in [7, 11) is 0. The topological polar surface area (TPSA) is 77.8 Å². The molecule has 2 aromatic rings. The van der Waals surface area contributed by atoms with Gasteiger partial charge >= 0.3 is 0 Å². The first-order chi connectivity index (χ1) is 11.9. The molecule has 1 fully saturated rings. The van der Waals surface area contributed by atoms with Crippen LogP contribution in [0, 0.1) is 6.92 Å². The number of carbonyl (C=O) groups is 2. The molecule has 1 saturated heterocycles. The van der Waals surface area contributed by atoms with Gasteiger partial charge in [-0.15, -0.1) is 11.3 Å². The monoisotopic (exact) mass is 357 g/mol. The van der Waals surface area contributed by atoms with Gasteiger partial charge in [0.15, 0.2) is 0 Å². The number of nitrogens with zero attached hydrogens (tertiary/aromatic N) is 1. The average molecular weight is 357 g/mol. The Morgan fingerprint density at radius 1 is 1.24 bits per heavy atom. The van der Waals surface area contributed by atoms with E-state index in [-0.39, 0.29) is 17.9 Å². The lowest BCUT2D eigenvalue weighted by molar-refractivity contribution is -0.140. The summed E-state index contributed by atoms with van der Waals surface area (Å²) in [6, 6.07) is 10.1. The third-order valence-corrected chi connectivity index (χ3v) is 5.06. The maximum absolute atomic E-state index is 12.6. The highest BCUT2D eigenvalue weighted by molar-refractivity contribution is 7.10. The summed E-state index contributed by atoms with van der Waals surface area (Å²) in [6.45, 7) is 3.51. The van der Waals surface area contributed by atoms with Crippen LogP contribution in [0.25, 0.3) is 5.76 Å². The van der Waals surface area contributed by atoms with Crippen LogP contribution in [0.15, 0.2) is 47.4 Å².